The smallest absolute Gasteiger partial charge is 0.242 e. The fourth-order valence-electron chi connectivity index (χ4n) is 3.78. The van der Waals surface area contributed by atoms with Crippen molar-refractivity contribution in [1.82, 2.24) is 10.2 Å². The molecule has 0 saturated heterocycles. The Hall–Kier alpha value is -2.29. The predicted octanol–water partition coefficient (Wildman–Crippen LogP) is 5.43. The number of aryl methyl sites for hydroxylation is 1. The molecule has 0 radical (unpaired) electrons. The Labute approximate surface area is 231 Å². The molecule has 10 heteroatoms. The summed E-state index contributed by atoms with van der Waals surface area (Å²) in [6, 6.07) is 11.7. The zero-order valence-corrected chi connectivity index (χ0v) is 24.5. The van der Waals surface area contributed by atoms with Crippen molar-refractivity contribution in [3.8, 4) is 0 Å². The average Bonchev–Trinajstić information content (AvgIpc) is 2.85. The molecule has 2 aromatic carbocycles. The highest BCUT2D eigenvalue weighted by atomic mass is 35.5. The summed E-state index contributed by atoms with van der Waals surface area (Å²) in [5.74, 6) is -0.510. The molecule has 0 saturated carbocycles. The molecule has 1 N–H and O–H groups in total. The summed E-state index contributed by atoms with van der Waals surface area (Å²) in [5.41, 5.74) is 2.40. The monoisotopic (exact) mass is 569 g/mol. The number of benzene rings is 2. The lowest BCUT2D eigenvalue weighted by molar-refractivity contribution is -0.140. The molecular weight excluding hydrogens is 533 g/mol. The molecule has 0 aliphatic rings. The highest BCUT2D eigenvalue weighted by molar-refractivity contribution is 7.92. The third-order valence-corrected chi connectivity index (χ3v) is 8.22. The summed E-state index contributed by atoms with van der Waals surface area (Å²) < 4.78 is 26.3. The molecule has 7 nitrogen and oxygen atoms in total. The van der Waals surface area contributed by atoms with Crippen LogP contribution in [0.4, 0.5) is 5.69 Å². The summed E-state index contributed by atoms with van der Waals surface area (Å²) in [5, 5.41) is 3.69. The maximum absolute atomic E-state index is 13.4. The van der Waals surface area contributed by atoms with Crippen LogP contribution in [0.25, 0.3) is 0 Å². The van der Waals surface area contributed by atoms with Gasteiger partial charge >= 0.3 is 0 Å². The van der Waals surface area contributed by atoms with E-state index in [1.165, 1.54) is 9.21 Å². The minimum Gasteiger partial charge on any atom is -0.352 e. The Morgan fingerprint density at radius 2 is 1.59 bits per heavy atom. The Balaban J connectivity index is 2.19. The van der Waals surface area contributed by atoms with E-state index in [0.29, 0.717) is 22.2 Å². The molecule has 0 aromatic heterocycles. The molecule has 2 amide bonds. The SMILES string of the molecule is CCc1ccc(N(CCCC(=O)N(Cc2ccc(Cl)c(Cl)c2)[C@@H](C)C(=O)N[C@H](C)CC)S(C)(=O)=O)cc1. The molecule has 0 spiro atoms. The molecule has 0 bridgehead atoms. The number of rotatable bonds is 13. The molecule has 0 aliphatic carbocycles. The van der Waals surface area contributed by atoms with Gasteiger partial charge in [0.2, 0.25) is 21.8 Å². The van der Waals surface area contributed by atoms with Crippen molar-refractivity contribution in [2.45, 2.75) is 72.0 Å². The first-order valence-corrected chi connectivity index (χ1v) is 15.1. The van der Waals surface area contributed by atoms with Crippen LogP contribution >= 0.6 is 23.2 Å². The molecule has 2 rings (SSSR count). The number of hydrogen-bond acceptors (Lipinski definition) is 4. The van der Waals surface area contributed by atoms with Crippen molar-refractivity contribution >= 4 is 50.7 Å². The molecule has 37 heavy (non-hydrogen) atoms. The van der Waals surface area contributed by atoms with Gasteiger partial charge in [0.15, 0.2) is 0 Å². The van der Waals surface area contributed by atoms with Crippen molar-refractivity contribution in [3.63, 3.8) is 0 Å². The maximum Gasteiger partial charge on any atom is 0.242 e. The lowest BCUT2D eigenvalue weighted by Crippen LogP contribution is -2.49. The van der Waals surface area contributed by atoms with E-state index in [1.807, 2.05) is 32.9 Å². The topological polar surface area (TPSA) is 86.8 Å². The van der Waals surface area contributed by atoms with E-state index >= 15 is 0 Å². The second kappa shape index (κ2) is 14.0. The number of amides is 2. The van der Waals surface area contributed by atoms with Crippen LogP contribution in [0, 0.1) is 0 Å². The molecule has 0 aliphatic heterocycles. The van der Waals surface area contributed by atoms with Gasteiger partial charge < -0.3 is 10.2 Å². The largest absolute Gasteiger partial charge is 0.352 e. The molecule has 0 unspecified atom stereocenters. The van der Waals surface area contributed by atoms with E-state index < -0.39 is 16.1 Å². The Morgan fingerprint density at radius 1 is 0.973 bits per heavy atom. The van der Waals surface area contributed by atoms with E-state index in [1.54, 1.807) is 37.3 Å². The zero-order chi connectivity index (χ0) is 27.8. The fourth-order valence-corrected chi connectivity index (χ4v) is 5.07. The van der Waals surface area contributed by atoms with Crippen LogP contribution in [0.1, 0.15) is 58.1 Å². The summed E-state index contributed by atoms with van der Waals surface area (Å²) in [4.78, 5) is 27.7. The lowest BCUT2D eigenvalue weighted by atomic mass is 10.1. The van der Waals surface area contributed by atoms with Crippen molar-refractivity contribution in [3.05, 3.63) is 63.6 Å². The van der Waals surface area contributed by atoms with Crippen molar-refractivity contribution in [2.24, 2.45) is 0 Å². The van der Waals surface area contributed by atoms with E-state index in [4.69, 9.17) is 23.2 Å². The third-order valence-electron chi connectivity index (χ3n) is 6.29. The highest BCUT2D eigenvalue weighted by Crippen LogP contribution is 2.24. The number of carbonyl (C=O) groups is 2. The van der Waals surface area contributed by atoms with Gasteiger partial charge in [0.05, 0.1) is 22.0 Å². The van der Waals surface area contributed by atoms with E-state index in [9.17, 15) is 18.0 Å². The molecule has 204 valence electrons. The highest BCUT2D eigenvalue weighted by Gasteiger charge is 2.27. The third kappa shape index (κ3) is 9.20. The first-order chi connectivity index (χ1) is 17.4. The predicted molar refractivity (Wildman–Crippen MR) is 152 cm³/mol. The van der Waals surface area contributed by atoms with Crippen LogP contribution in [0.15, 0.2) is 42.5 Å². The Kier molecular flexibility index (Phi) is 11.7. The van der Waals surface area contributed by atoms with Gasteiger partial charge in [0.1, 0.15) is 6.04 Å². The first kappa shape index (κ1) is 30.9. The Morgan fingerprint density at radius 3 is 2.14 bits per heavy atom. The minimum atomic E-state index is -3.54. The van der Waals surface area contributed by atoms with Gasteiger partial charge in [-0.05, 0) is 68.5 Å². The van der Waals surface area contributed by atoms with E-state index in [0.717, 1.165) is 30.2 Å². The van der Waals surface area contributed by atoms with Gasteiger partial charge in [-0.3, -0.25) is 13.9 Å². The maximum atomic E-state index is 13.4. The second-order valence-corrected chi connectivity index (χ2v) is 11.9. The van der Waals surface area contributed by atoms with E-state index in [2.05, 4.69) is 5.32 Å². The van der Waals surface area contributed by atoms with Crippen LogP contribution in [0.2, 0.25) is 10.0 Å². The summed E-state index contributed by atoms with van der Waals surface area (Å²) in [6.07, 6.45) is 3.13. The number of nitrogens with zero attached hydrogens (tertiary/aromatic N) is 2. The van der Waals surface area contributed by atoms with Crippen molar-refractivity contribution < 1.29 is 18.0 Å². The molecule has 2 aromatic rings. The van der Waals surface area contributed by atoms with Crippen LogP contribution < -0.4 is 9.62 Å². The normalized spacial score (nSPS) is 13.1. The standard InChI is InChI=1S/C27H37Cl2N3O4S/c1-6-19(3)30-27(34)20(4)31(18-22-12-15-24(28)25(29)17-22)26(33)9-8-16-32(37(5,35)36)23-13-10-21(7-2)11-14-23/h10-15,17,19-20H,6-9,16,18H2,1-5H3,(H,30,34)/t19-,20+/m1/s1. The van der Waals surface area contributed by atoms with Crippen LogP contribution in [0.3, 0.4) is 0 Å². The van der Waals surface area contributed by atoms with E-state index in [-0.39, 0.29) is 37.4 Å². The number of sulfonamides is 1. The van der Waals surface area contributed by atoms with Gasteiger partial charge in [0.25, 0.3) is 0 Å². The Bertz CT molecular complexity index is 1170. The van der Waals surface area contributed by atoms with Gasteiger partial charge in [-0.2, -0.15) is 0 Å². The number of nitrogens with one attached hydrogen (secondary N) is 1. The number of anilines is 1. The number of hydrogen-bond donors (Lipinski definition) is 1. The molecular formula is C27H37Cl2N3O4S. The fraction of sp³-hybridized carbons (Fsp3) is 0.481. The second-order valence-electron chi connectivity index (χ2n) is 9.22. The van der Waals surface area contributed by atoms with Crippen LogP contribution in [-0.2, 0) is 32.6 Å². The van der Waals surface area contributed by atoms with Crippen molar-refractivity contribution in [2.75, 3.05) is 17.1 Å². The lowest BCUT2D eigenvalue weighted by Gasteiger charge is -2.30. The van der Waals surface area contributed by atoms with Crippen LogP contribution in [-0.4, -0.2) is 50.0 Å². The average molecular weight is 571 g/mol. The van der Waals surface area contributed by atoms with Gasteiger partial charge in [-0.15, -0.1) is 0 Å². The van der Waals surface area contributed by atoms with Gasteiger partial charge in [-0.25, -0.2) is 8.42 Å². The van der Waals surface area contributed by atoms with Gasteiger partial charge in [-0.1, -0.05) is 55.2 Å². The quantitative estimate of drug-likeness (QED) is 0.348. The first-order valence-electron chi connectivity index (χ1n) is 12.5. The molecule has 0 fully saturated rings. The summed E-state index contributed by atoms with van der Waals surface area (Å²) >= 11 is 12.2. The molecule has 0 heterocycles. The zero-order valence-electron chi connectivity index (χ0n) is 22.1. The van der Waals surface area contributed by atoms with Crippen molar-refractivity contribution in [1.29, 1.82) is 0 Å². The molecule has 2 atom stereocenters. The van der Waals surface area contributed by atoms with Gasteiger partial charge in [0, 0.05) is 25.6 Å². The summed E-state index contributed by atoms with van der Waals surface area (Å²) in [6.45, 7) is 7.90. The number of carbonyl (C=O) groups excluding carboxylic acids is 2. The summed E-state index contributed by atoms with van der Waals surface area (Å²) in [7, 11) is -3.54. The number of halogens is 2. The minimum absolute atomic E-state index is 0.0284. The van der Waals surface area contributed by atoms with Crippen LogP contribution in [0.5, 0.6) is 0 Å².